The number of nitrogens with one attached hydrogen (secondary N) is 3. The number of hydrogen-bond donors (Lipinski definition) is 3. The number of rotatable bonds is 5. The normalized spacial score (nSPS) is 16.5. The Morgan fingerprint density at radius 3 is 1.22 bits per heavy atom. The summed E-state index contributed by atoms with van der Waals surface area (Å²) in [5, 5.41) is 0. The molecule has 73 heavy (non-hydrogen) atoms. The molecule has 9 nitrogen and oxygen atoms in total. The smallest absolute Gasteiger partial charge is 1.00 e. The van der Waals surface area contributed by atoms with Gasteiger partial charge in [-0.2, -0.15) is 52.7 Å². The van der Waals surface area contributed by atoms with E-state index >= 15 is 0 Å². The average molecular weight is 1180 g/mol. The molecule has 3 aliphatic rings. The molecule has 3 aliphatic heterocycles. The third-order valence-electron chi connectivity index (χ3n) is 9.32. The quantitative estimate of drug-likeness (QED) is 0.0379. The van der Waals surface area contributed by atoms with E-state index in [1.807, 2.05) is 97.2 Å². The number of halogens is 12. The monoisotopic (exact) mass is 1180 g/mol. The number of imidazole rings is 3. The fourth-order valence-electron chi connectivity index (χ4n) is 6.08. The van der Waals surface area contributed by atoms with Crippen LogP contribution in [0.3, 0.4) is 0 Å². The number of nitrogens with zero attached hydrogens (tertiary/aromatic N) is 3. The number of benzene rings is 3. The van der Waals surface area contributed by atoms with Crippen LogP contribution >= 0.6 is 58.8 Å². The van der Waals surface area contributed by atoms with Gasteiger partial charge in [0.1, 0.15) is 17.5 Å². The van der Waals surface area contributed by atoms with E-state index in [1.165, 1.54) is 12.4 Å². The molecule has 0 unspecified atom stereocenters. The summed E-state index contributed by atoms with van der Waals surface area (Å²) in [6, 6.07) is 28.4. The maximum absolute atomic E-state index is 13.6. The first-order chi connectivity index (χ1) is 33.4. The van der Waals surface area contributed by atoms with Crippen molar-refractivity contribution in [3.8, 4) is 34.2 Å². The summed E-state index contributed by atoms with van der Waals surface area (Å²) >= 11 is 5.63. The molecule has 3 N–H and O–H groups in total. The third kappa shape index (κ3) is 18.2. The van der Waals surface area contributed by atoms with Crippen molar-refractivity contribution in [2.75, 3.05) is 34.5 Å². The van der Waals surface area contributed by atoms with E-state index in [1.54, 1.807) is 6.20 Å². The first-order valence-electron chi connectivity index (χ1n) is 20.6. The first-order valence-corrected chi connectivity index (χ1v) is 27.9. The molecule has 0 spiro atoms. The van der Waals surface area contributed by atoms with Gasteiger partial charge in [-0.05, 0) is 35.9 Å². The van der Waals surface area contributed by atoms with Gasteiger partial charge in [0.15, 0.2) is 35.4 Å². The van der Waals surface area contributed by atoms with Gasteiger partial charge in [-0.3, -0.25) is 0 Å². The van der Waals surface area contributed by atoms with Crippen LogP contribution in [0.25, 0.3) is 34.2 Å². The molecule has 6 aromatic rings. The molecule has 396 valence electrons. The van der Waals surface area contributed by atoms with Crippen molar-refractivity contribution in [2.24, 2.45) is 0 Å². The number of aromatic nitrogens is 6. The first kappa shape index (κ1) is 64.5. The predicted octanol–water partition coefficient (Wildman–Crippen LogP) is 11.1. The molecule has 0 aliphatic carbocycles. The number of thioether (sulfide) groups is 5. The molecule has 0 radical (unpaired) electrons. The van der Waals surface area contributed by atoms with E-state index < -0.39 is 42.3 Å². The van der Waals surface area contributed by atoms with E-state index in [2.05, 4.69) is 29.9 Å². The van der Waals surface area contributed by atoms with Gasteiger partial charge in [0, 0.05) is 41.3 Å². The Hall–Kier alpha value is -2.80. The second-order valence-electron chi connectivity index (χ2n) is 14.4. The predicted molar refractivity (Wildman–Crippen MR) is 271 cm³/mol. The van der Waals surface area contributed by atoms with Crippen LogP contribution < -0.4 is 29.6 Å². The maximum Gasteiger partial charge on any atom is 1.00 e. The molecule has 9 rings (SSSR count). The number of hydrogen-bond acceptors (Lipinski definition) is 11. The van der Waals surface area contributed by atoms with Crippen molar-refractivity contribution < 1.29 is 96.6 Å². The van der Waals surface area contributed by atoms with Gasteiger partial charge in [0.05, 0.1) is 23.8 Å². The van der Waals surface area contributed by atoms with Crippen molar-refractivity contribution in [2.45, 2.75) is 58.9 Å². The van der Waals surface area contributed by atoms with E-state index in [4.69, 9.17) is 13.0 Å². The van der Waals surface area contributed by atoms with Gasteiger partial charge in [0.2, 0.25) is 0 Å². The molecular weight excluding hydrogens is 1140 g/mol. The van der Waals surface area contributed by atoms with Crippen LogP contribution in [-0.4, -0.2) is 106 Å². The molecule has 0 amide bonds. The molecule has 0 bridgehead atoms. The standard InChI is InChI=1S/2C14H13F3N2S2.C9H8N2.C5H6F3S2.CHF3O3S.CH4.Na.H/c2*15-14(16,17)13(20-7-4-8-21-13)11-9-18-12(19-11)10-5-2-1-3-6-10;1-2-4-8(5-3-1)9-10-6-7-11-9;6-5(7,8)4-9-2-1-3-10-4;2-1(3,4)8(5,6)7;;;/h2*1-3,5-6,9H,4,7-8H2,(H,18,19);1-7H,(H,10,11);1-3H2;(H,5,6,7);1H4;;/q;;;+1;;;+1;-1/p-1. The fraction of sp³-hybridized carbons (Fsp3) is 0.364. The maximum atomic E-state index is 13.6. The summed E-state index contributed by atoms with van der Waals surface area (Å²) in [7, 11) is -6.09. The SMILES string of the molecule is C.FC(F)(F)C1(c2cnc(-c3ccccc3)[nH]2)SCCCS1.FC(F)(F)C1(c2cnc(-c3ccccc3)[nH]2)SCCCS1.FC(F)(F)C1=[S+]CCCS1.O=S(=O)([O-])C(F)(F)F.[H-].[Na+].c1ccc(-c2ncc[nH]2)cc1. The molecule has 2 saturated heterocycles. The summed E-state index contributed by atoms with van der Waals surface area (Å²) < 4.78 is 172. The van der Waals surface area contributed by atoms with Gasteiger partial charge < -0.3 is 20.9 Å². The Morgan fingerprint density at radius 1 is 0.575 bits per heavy atom. The molecule has 6 heterocycles. The van der Waals surface area contributed by atoms with E-state index in [9.17, 15) is 52.7 Å². The number of alkyl halides is 12. The van der Waals surface area contributed by atoms with E-state index in [0.29, 0.717) is 46.2 Å². The Morgan fingerprint density at radius 2 is 0.945 bits per heavy atom. The summed E-state index contributed by atoms with van der Waals surface area (Å²) in [4.78, 5) is 21.2. The molecule has 29 heteroatoms. The zero-order valence-corrected chi connectivity index (χ0v) is 45.0. The van der Waals surface area contributed by atoms with Crippen LogP contribution in [0, 0.1) is 0 Å². The minimum Gasteiger partial charge on any atom is -1.00 e. The fourth-order valence-corrected chi connectivity index (χ4v) is 14.4. The van der Waals surface area contributed by atoms with Gasteiger partial charge in [-0.1, -0.05) is 110 Å². The van der Waals surface area contributed by atoms with E-state index in [-0.39, 0.29) is 54.0 Å². The van der Waals surface area contributed by atoms with Crippen molar-refractivity contribution in [3.05, 3.63) is 127 Å². The third-order valence-corrected chi connectivity index (χ3v) is 19.4. The van der Waals surface area contributed by atoms with Crippen molar-refractivity contribution in [1.29, 1.82) is 0 Å². The largest absolute Gasteiger partial charge is 1.00 e. The molecule has 3 aromatic carbocycles. The average Bonchev–Trinajstić information content (AvgIpc) is 4.17. The topological polar surface area (TPSA) is 143 Å². The summed E-state index contributed by atoms with van der Waals surface area (Å²) in [5.41, 5.74) is -2.70. The zero-order chi connectivity index (χ0) is 52.0. The second-order valence-corrected chi connectivity index (χ2v) is 24.0. The minimum absolute atomic E-state index is 0. The van der Waals surface area contributed by atoms with Crippen LogP contribution in [0.1, 0.15) is 39.5 Å². The minimum atomic E-state index is -6.09. The molecule has 2 fully saturated rings. The van der Waals surface area contributed by atoms with Crippen LogP contribution in [0.5, 0.6) is 0 Å². The van der Waals surface area contributed by atoms with Crippen molar-refractivity contribution in [1.82, 2.24) is 29.9 Å². The summed E-state index contributed by atoms with van der Waals surface area (Å²) in [5.74, 6) is 5.12. The van der Waals surface area contributed by atoms with Gasteiger partial charge in [-0.25, -0.2) is 23.4 Å². The van der Waals surface area contributed by atoms with Crippen LogP contribution in [-0.2, 0) is 29.6 Å². The Labute approximate surface area is 462 Å². The number of H-pyrrole nitrogens is 3. The van der Waals surface area contributed by atoms with Crippen molar-refractivity contribution in [3.63, 3.8) is 0 Å². The van der Waals surface area contributed by atoms with Crippen LogP contribution in [0.4, 0.5) is 52.7 Å². The molecule has 3 aromatic heterocycles. The summed E-state index contributed by atoms with van der Waals surface area (Å²) in [6.45, 7) is 0. The molecule has 0 atom stereocenters. The molecular formula is C44H45F12N6NaO3S7. The second kappa shape index (κ2) is 28.5. The van der Waals surface area contributed by atoms with Crippen LogP contribution in [0.2, 0.25) is 0 Å². The van der Waals surface area contributed by atoms with Gasteiger partial charge in [-0.15, -0.1) is 47.0 Å². The Kier molecular flexibility index (Phi) is 25.2. The van der Waals surface area contributed by atoms with E-state index in [0.717, 1.165) is 112 Å². The number of aromatic amines is 3. The molecule has 0 saturated carbocycles. The Bertz CT molecular complexity index is 2560. The summed E-state index contributed by atoms with van der Waals surface area (Å²) in [6.07, 6.45) is -4.02. The zero-order valence-electron chi connectivity index (χ0n) is 38.3. The van der Waals surface area contributed by atoms with Gasteiger partial charge in [0.25, 0.3) is 0 Å². The Balaban J connectivity index is 0.000000330. The van der Waals surface area contributed by atoms with Crippen LogP contribution in [0.15, 0.2) is 116 Å². The van der Waals surface area contributed by atoms with Gasteiger partial charge >= 0.3 is 57.8 Å². The van der Waals surface area contributed by atoms with Crippen molar-refractivity contribution >= 4 is 84.5 Å².